The van der Waals surface area contributed by atoms with Crippen molar-refractivity contribution in [3.05, 3.63) is 22.4 Å². The zero-order valence-corrected chi connectivity index (χ0v) is 12.1. The molecule has 2 atom stereocenters. The standard InChI is InChI=1S/C11H14N2O5S2/c12-20(17,18)7-4-10(14)13(6-7)8(5-11(15)16)9-2-1-3-19-9/h1-3,7-8H,4-6H2,(H,15,16)(H2,12,17,18). The Bertz CT molecular complexity index is 611. The average Bonchev–Trinajstić information content (AvgIpc) is 2.93. The van der Waals surface area contributed by atoms with Gasteiger partial charge in [0.05, 0.1) is 12.5 Å². The van der Waals surface area contributed by atoms with Crippen molar-refractivity contribution < 1.29 is 23.1 Å². The summed E-state index contributed by atoms with van der Waals surface area (Å²) >= 11 is 1.33. The summed E-state index contributed by atoms with van der Waals surface area (Å²) in [5, 5.41) is 14.9. The number of carboxylic acids is 1. The zero-order valence-electron chi connectivity index (χ0n) is 10.4. The summed E-state index contributed by atoms with van der Waals surface area (Å²) in [5.41, 5.74) is 0. The highest BCUT2D eigenvalue weighted by Gasteiger charge is 2.40. The van der Waals surface area contributed by atoms with Gasteiger partial charge in [0.2, 0.25) is 15.9 Å². The van der Waals surface area contributed by atoms with Gasteiger partial charge in [-0.05, 0) is 11.4 Å². The van der Waals surface area contributed by atoms with E-state index in [0.29, 0.717) is 0 Å². The summed E-state index contributed by atoms with van der Waals surface area (Å²) < 4.78 is 22.7. The lowest BCUT2D eigenvalue weighted by Gasteiger charge is -2.26. The van der Waals surface area contributed by atoms with Crippen LogP contribution in [0.3, 0.4) is 0 Å². The van der Waals surface area contributed by atoms with Crippen LogP contribution >= 0.6 is 11.3 Å². The molecule has 0 aromatic carbocycles. The van der Waals surface area contributed by atoms with E-state index in [1.54, 1.807) is 17.5 Å². The number of carbonyl (C=O) groups excluding carboxylic acids is 1. The topological polar surface area (TPSA) is 118 Å². The maximum Gasteiger partial charge on any atom is 0.305 e. The van der Waals surface area contributed by atoms with Gasteiger partial charge in [0.15, 0.2) is 0 Å². The van der Waals surface area contributed by atoms with Gasteiger partial charge in [-0.2, -0.15) is 0 Å². The Hall–Kier alpha value is -1.45. The minimum Gasteiger partial charge on any atom is -0.481 e. The second kappa shape index (κ2) is 5.51. The predicted molar refractivity (Wildman–Crippen MR) is 72.5 cm³/mol. The van der Waals surface area contributed by atoms with Crippen molar-refractivity contribution in [2.45, 2.75) is 24.1 Å². The highest BCUT2D eigenvalue weighted by molar-refractivity contribution is 7.89. The lowest BCUT2D eigenvalue weighted by molar-refractivity contribution is -0.139. The fourth-order valence-corrected chi connectivity index (χ4v) is 3.81. The minimum absolute atomic E-state index is 0.0620. The molecule has 1 aromatic rings. The number of likely N-dealkylation sites (tertiary alicyclic amines) is 1. The predicted octanol–water partition coefficient (Wildman–Crippen LogP) is 0.153. The fraction of sp³-hybridized carbons (Fsp3) is 0.455. The average molecular weight is 318 g/mol. The largest absolute Gasteiger partial charge is 0.481 e. The van der Waals surface area contributed by atoms with E-state index in [-0.39, 0.29) is 25.3 Å². The van der Waals surface area contributed by atoms with Crippen molar-refractivity contribution in [1.29, 1.82) is 0 Å². The number of carbonyl (C=O) groups is 2. The van der Waals surface area contributed by atoms with Crippen molar-refractivity contribution in [3.63, 3.8) is 0 Å². The van der Waals surface area contributed by atoms with Crippen molar-refractivity contribution in [3.8, 4) is 0 Å². The van der Waals surface area contributed by atoms with E-state index >= 15 is 0 Å². The quantitative estimate of drug-likeness (QED) is 0.801. The van der Waals surface area contributed by atoms with Crippen LogP contribution in [0.25, 0.3) is 0 Å². The summed E-state index contributed by atoms with van der Waals surface area (Å²) in [6.07, 6.45) is -0.454. The Kier molecular flexibility index (Phi) is 4.11. The van der Waals surface area contributed by atoms with Crippen LogP contribution in [0.15, 0.2) is 17.5 Å². The molecule has 9 heteroatoms. The summed E-state index contributed by atoms with van der Waals surface area (Å²) in [6, 6.07) is 2.84. The van der Waals surface area contributed by atoms with Crippen LogP contribution in [0.4, 0.5) is 0 Å². The van der Waals surface area contributed by atoms with Gasteiger partial charge in [0, 0.05) is 17.8 Å². The molecule has 7 nitrogen and oxygen atoms in total. The highest BCUT2D eigenvalue weighted by Crippen LogP contribution is 2.32. The molecule has 0 spiro atoms. The molecule has 1 fully saturated rings. The van der Waals surface area contributed by atoms with Crippen LogP contribution < -0.4 is 5.14 Å². The molecule has 110 valence electrons. The molecule has 1 aliphatic rings. The number of rotatable bonds is 5. The Labute approximate surface area is 120 Å². The molecule has 1 amide bonds. The second-order valence-electron chi connectivity index (χ2n) is 4.59. The SMILES string of the molecule is NS(=O)(=O)C1CC(=O)N(C(CC(=O)O)c2cccs2)C1. The lowest BCUT2D eigenvalue weighted by Crippen LogP contribution is -2.35. The van der Waals surface area contributed by atoms with Gasteiger partial charge in [-0.25, -0.2) is 13.6 Å². The van der Waals surface area contributed by atoms with E-state index in [1.807, 2.05) is 0 Å². The molecule has 0 radical (unpaired) electrons. The molecule has 1 saturated heterocycles. The van der Waals surface area contributed by atoms with Crippen molar-refractivity contribution in [1.82, 2.24) is 4.90 Å². The molecule has 0 saturated carbocycles. The number of thiophene rings is 1. The Morgan fingerprint density at radius 2 is 2.30 bits per heavy atom. The molecule has 2 rings (SSSR count). The van der Waals surface area contributed by atoms with Crippen LogP contribution in [0, 0.1) is 0 Å². The van der Waals surface area contributed by atoms with Crippen LogP contribution in [0.2, 0.25) is 0 Å². The van der Waals surface area contributed by atoms with E-state index < -0.39 is 27.3 Å². The summed E-state index contributed by atoms with van der Waals surface area (Å²) in [4.78, 5) is 25.0. The Morgan fingerprint density at radius 3 is 2.75 bits per heavy atom. The molecular formula is C11H14N2O5S2. The number of hydrogen-bond acceptors (Lipinski definition) is 5. The number of aliphatic carboxylic acids is 1. The summed E-state index contributed by atoms with van der Waals surface area (Å²) in [6.45, 7) is -0.0620. The molecule has 0 bridgehead atoms. The third kappa shape index (κ3) is 3.17. The van der Waals surface area contributed by atoms with Gasteiger partial charge < -0.3 is 10.0 Å². The second-order valence-corrected chi connectivity index (χ2v) is 7.41. The number of carboxylic acid groups (broad SMARTS) is 1. The molecular weight excluding hydrogens is 304 g/mol. The van der Waals surface area contributed by atoms with Gasteiger partial charge >= 0.3 is 5.97 Å². The fourth-order valence-electron chi connectivity index (χ4n) is 2.23. The number of hydrogen-bond donors (Lipinski definition) is 2. The van der Waals surface area contributed by atoms with Crippen LogP contribution in [0.1, 0.15) is 23.8 Å². The van der Waals surface area contributed by atoms with Crippen LogP contribution in [-0.4, -0.2) is 42.1 Å². The summed E-state index contributed by atoms with van der Waals surface area (Å²) in [7, 11) is -3.81. The van der Waals surface area contributed by atoms with Gasteiger partial charge in [-0.3, -0.25) is 9.59 Å². The van der Waals surface area contributed by atoms with Crippen LogP contribution in [-0.2, 0) is 19.6 Å². The van der Waals surface area contributed by atoms with E-state index in [2.05, 4.69) is 0 Å². The minimum atomic E-state index is -3.81. The molecule has 20 heavy (non-hydrogen) atoms. The molecule has 0 aliphatic carbocycles. The van der Waals surface area contributed by atoms with E-state index in [4.69, 9.17) is 10.2 Å². The van der Waals surface area contributed by atoms with Crippen LogP contribution in [0.5, 0.6) is 0 Å². The molecule has 1 aliphatic heterocycles. The summed E-state index contributed by atoms with van der Waals surface area (Å²) in [5.74, 6) is -1.43. The normalized spacial score (nSPS) is 21.1. The maximum absolute atomic E-state index is 12.0. The Morgan fingerprint density at radius 1 is 1.60 bits per heavy atom. The zero-order chi connectivity index (χ0) is 14.9. The molecule has 3 N–H and O–H groups in total. The van der Waals surface area contributed by atoms with E-state index in [1.165, 1.54) is 16.2 Å². The highest BCUT2D eigenvalue weighted by atomic mass is 32.2. The molecule has 2 heterocycles. The number of nitrogens with zero attached hydrogens (tertiary/aromatic N) is 1. The van der Waals surface area contributed by atoms with Gasteiger partial charge in [0.25, 0.3) is 0 Å². The van der Waals surface area contributed by atoms with E-state index in [9.17, 15) is 18.0 Å². The number of nitrogens with two attached hydrogens (primary N) is 1. The first-order chi connectivity index (χ1) is 9.29. The Balaban J connectivity index is 2.26. The first kappa shape index (κ1) is 14.9. The first-order valence-electron chi connectivity index (χ1n) is 5.85. The maximum atomic E-state index is 12.0. The lowest BCUT2D eigenvalue weighted by atomic mass is 10.1. The molecule has 1 aromatic heterocycles. The monoisotopic (exact) mass is 318 g/mol. The van der Waals surface area contributed by atoms with Crippen molar-refractivity contribution in [2.24, 2.45) is 5.14 Å². The smallest absolute Gasteiger partial charge is 0.305 e. The van der Waals surface area contributed by atoms with Crippen molar-refractivity contribution >= 4 is 33.2 Å². The number of primary sulfonamides is 1. The van der Waals surface area contributed by atoms with E-state index in [0.717, 1.165) is 4.88 Å². The number of amides is 1. The van der Waals surface area contributed by atoms with Gasteiger partial charge in [-0.15, -0.1) is 11.3 Å². The third-order valence-electron chi connectivity index (χ3n) is 3.20. The van der Waals surface area contributed by atoms with Gasteiger partial charge in [-0.1, -0.05) is 6.07 Å². The van der Waals surface area contributed by atoms with Crippen molar-refractivity contribution in [2.75, 3.05) is 6.54 Å². The third-order valence-corrected chi connectivity index (χ3v) is 5.42. The van der Waals surface area contributed by atoms with Gasteiger partial charge in [0.1, 0.15) is 5.25 Å². The number of sulfonamides is 1. The molecule has 2 unspecified atom stereocenters. The first-order valence-corrected chi connectivity index (χ1v) is 8.34.